The molecule has 1 fully saturated rings. The van der Waals surface area contributed by atoms with Crippen LogP contribution in [0.1, 0.15) is 47.5 Å². The largest absolute Gasteiger partial charge is 0.354 e. The third-order valence-electron chi connectivity index (χ3n) is 3.62. The van der Waals surface area contributed by atoms with E-state index < -0.39 is 0 Å². The maximum atomic E-state index is 12.2. The van der Waals surface area contributed by atoms with Crippen LogP contribution in [0.15, 0.2) is 28.6 Å². The van der Waals surface area contributed by atoms with Crippen LogP contribution in [0.25, 0.3) is 0 Å². The van der Waals surface area contributed by atoms with Gasteiger partial charge in [-0.15, -0.1) is 0 Å². The smallest absolute Gasteiger partial charge is 0.224 e. The second-order valence-electron chi connectivity index (χ2n) is 5.55. The van der Waals surface area contributed by atoms with Crippen molar-refractivity contribution in [3.8, 4) is 0 Å². The molecule has 0 radical (unpaired) electrons. The van der Waals surface area contributed by atoms with Crippen molar-refractivity contribution in [3.05, 3.63) is 23.6 Å². The van der Waals surface area contributed by atoms with Crippen molar-refractivity contribution in [2.45, 2.75) is 47.5 Å². The Kier molecular flexibility index (Phi) is 14.4. The van der Waals surface area contributed by atoms with Gasteiger partial charge >= 0.3 is 0 Å². The molecule has 0 aromatic heterocycles. The van der Waals surface area contributed by atoms with Gasteiger partial charge in [-0.05, 0) is 50.1 Å². The van der Waals surface area contributed by atoms with Crippen LogP contribution in [-0.4, -0.2) is 48.7 Å². The Labute approximate surface area is 162 Å². The van der Waals surface area contributed by atoms with Gasteiger partial charge in [0.15, 0.2) is 0 Å². The Balaban J connectivity index is 0.00000301. The summed E-state index contributed by atoms with van der Waals surface area (Å²) in [7, 11) is 0. The Morgan fingerprint density at radius 3 is 2.62 bits per heavy atom. The lowest BCUT2D eigenvalue weighted by Crippen LogP contribution is -2.45. The first kappa shape index (κ1) is 24.2. The van der Waals surface area contributed by atoms with Crippen molar-refractivity contribution in [1.29, 1.82) is 0 Å². The fourth-order valence-corrected chi connectivity index (χ4v) is 2.87. The summed E-state index contributed by atoms with van der Waals surface area (Å²) in [5, 5.41) is 4.86. The number of nitrogens with one attached hydrogen (secondary N) is 2. The van der Waals surface area contributed by atoms with Gasteiger partial charge in [0.2, 0.25) is 11.8 Å². The number of hydrogen-bond donors (Lipinski definition) is 2. The molecule has 7 heteroatoms. The van der Waals surface area contributed by atoms with Gasteiger partial charge in [-0.2, -0.15) is 0 Å². The molecule has 0 aromatic rings. The molecule has 0 spiro atoms. The summed E-state index contributed by atoms with van der Waals surface area (Å²) in [6.07, 6.45) is 7.47. The zero-order valence-electron chi connectivity index (χ0n) is 16.7. The zero-order valence-corrected chi connectivity index (χ0v) is 17.6. The highest BCUT2D eigenvalue weighted by molar-refractivity contribution is 8.00. The summed E-state index contributed by atoms with van der Waals surface area (Å²) >= 11 is 1.45. The highest BCUT2D eigenvalue weighted by atomic mass is 32.2. The lowest BCUT2D eigenvalue weighted by molar-refractivity contribution is -0.133. The average molecular weight is 383 g/mol. The van der Waals surface area contributed by atoms with Crippen LogP contribution in [-0.2, 0) is 9.59 Å². The highest BCUT2D eigenvalue weighted by Gasteiger charge is 2.26. The second-order valence-corrected chi connectivity index (χ2v) is 6.26. The van der Waals surface area contributed by atoms with E-state index in [1.165, 1.54) is 11.9 Å². The number of hydrogen-bond acceptors (Lipinski definition) is 4. The van der Waals surface area contributed by atoms with Crippen molar-refractivity contribution >= 4 is 29.6 Å². The number of carbonyl (C=O) groups is 2. The molecule has 2 N–H and O–H groups in total. The number of amidine groups is 1. The third-order valence-corrected chi connectivity index (χ3v) is 4.36. The lowest BCUT2D eigenvalue weighted by atomic mass is 9.97. The number of rotatable bonds is 7. The molecule has 1 rings (SSSR count). The maximum absolute atomic E-state index is 12.2. The van der Waals surface area contributed by atoms with Crippen LogP contribution in [0.4, 0.5) is 0 Å². The first-order valence-electron chi connectivity index (χ1n) is 9.31. The molecule has 0 saturated carbocycles. The van der Waals surface area contributed by atoms with E-state index in [0.717, 1.165) is 25.2 Å². The fourth-order valence-electron chi connectivity index (χ4n) is 2.42. The van der Waals surface area contributed by atoms with E-state index in [1.807, 2.05) is 51.3 Å². The second kappa shape index (κ2) is 15.5. The third kappa shape index (κ3) is 10.3. The Bertz CT molecular complexity index is 504. The number of allylic oxidation sites excluding steroid dienone is 2. The van der Waals surface area contributed by atoms with Crippen molar-refractivity contribution in [1.82, 2.24) is 14.9 Å². The molecule has 1 aliphatic rings. The van der Waals surface area contributed by atoms with E-state index in [4.69, 9.17) is 0 Å². The minimum absolute atomic E-state index is 0.0139. The SMILES string of the molecule is C/C=C/SNC(/C=C/C)=NCCNC(=O)C1CCCN(C(C)=O)C1.CC. The summed E-state index contributed by atoms with van der Waals surface area (Å²) in [6.45, 7) is 11.7. The minimum Gasteiger partial charge on any atom is -0.354 e. The van der Waals surface area contributed by atoms with Gasteiger partial charge in [-0.3, -0.25) is 14.6 Å². The molecule has 26 heavy (non-hydrogen) atoms. The normalized spacial score (nSPS) is 17.8. The first-order chi connectivity index (χ1) is 12.6. The predicted molar refractivity (Wildman–Crippen MR) is 112 cm³/mol. The van der Waals surface area contributed by atoms with Crippen LogP contribution in [0.3, 0.4) is 0 Å². The number of aliphatic imine (C=N–C) groups is 1. The summed E-state index contributed by atoms with van der Waals surface area (Å²) in [5.74, 6) is 0.720. The van der Waals surface area contributed by atoms with E-state index in [2.05, 4.69) is 15.0 Å². The van der Waals surface area contributed by atoms with Crippen LogP contribution in [0.2, 0.25) is 0 Å². The zero-order chi connectivity index (χ0) is 19.8. The summed E-state index contributed by atoms with van der Waals surface area (Å²) < 4.78 is 3.13. The predicted octanol–water partition coefficient (Wildman–Crippen LogP) is 3.13. The van der Waals surface area contributed by atoms with E-state index in [0.29, 0.717) is 19.6 Å². The molecule has 1 atom stereocenters. The number of likely N-dealkylation sites (tertiary alicyclic amines) is 1. The summed E-state index contributed by atoms with van der Waals surface area (Å²) in [5.41, 5.74) is 0. The van der Waals surface area contributed by atoms with Crippen LogP contribution in [0, 0.1) is 5.92 Å². The fraction of sp³-hybridized carbons (Fsp3) is 0.632. The van der Waals surface area contributed by atoms with Crippen LogP contribution >= 0.6 is 11.9 Å². The molecule has 148 valence electrons. The monoisotopic (exact) mass is 382 g/mol. The van der Waals surface area contributed by atoms with Gasteiger partial charge in [0.1, 0.15) is 5.84 Å². The van der Waals surface area contributed by atoms with Crippen molar-refractivity contribution in [2.24, 2.45) is 10.9 Å². The molecule has 6 nitrogen and oxygen atoms in total. The van der Waals surface area contributed by atoms with Crippen LogP contribution < -0.4 is 10.0 Å². The summed E-state index contributed by atoms with van der Waals surface area (Å²) in [4.78, 5) is 29.8. The Morgan fingerprint density at radius 1 is 1.27 bits per heavy atom. The van der Waals surface area contributed by atoms with Crippen molar-refractivity contribution in [3.63, 3.8) is 0 Å². The van der Waals surface area contributed by atoms with Gasteiger partial charge < -0.3 is 14.9 Å². The van der Waals surface area contributed by atoms with Crippen LogP contribution in [0.5, 0.6) is 0 Å². The maximum Gasteiger partial charge on any atom is 0.224 e. The van der Waals surface area contributed by atoms with Gasteiger partial charge in [0.05, 0.1) is 12.5 Å². The standard InChI is InChI=1S/C17H28N4O2S.C2H6/c1-4-7-16(20-24-12-5-2)18-9-10-19-17(23)15-8-6-11-21(13-15)14(3)22;1-2/h4-5,7,12,15H,6,8-11,13H2,1-3H3,(H,18,20)(H,19,23);1-2H3/b7-4+,12-5+;. The van der Waals surface area contributed by atoms with Gasteiger partial charge in [-0.25, -0.2) is 0 Å². The van der Waals surface area contributed by atoms with Gasteiger partial charge in [0, 0.05) is 26.6 Å². The molecule has 1 saturated heterocycles. The first-order valence-corrected chi connectivity index (χ1v) is 10.2. The number of piperidine rings is 1. The molecule has 2 amide bonds. The van der Waals surface area contributed by atoms with E-state index in [9.17, 15) is 9.59 Å². The van der Waals surface area contributed by atoms with E-state index in [1.54, 1.807) is 11.8 Å². The molecule has 1 aliphatic heterocycles. The van der Waals surface area contributed by atoms with Crippen molar-refractivity contribution < 1.29 is 9.59 Å². The minimum atomic E-state index is -0.106. The highest BCUT2D eigenvalue weighted by Crippen LogP contribution is 2.16. The number of carbonyl (C=O) groups excluding carboxylic acids is 2. The van der Waals surface area contributed by atoms with Gasteiger partial charge in [0.25, 0.3) is 0 Å². The van der Waals surface area contributed by atoms with E-state index >= 15 is 0 Å². The molecule has 0 bridgehead atoms. The number of nitrogens with zero attached hydrogens (tertiary/aromatic N) is 2. The molecule has 1 unspecified atom stereocenters. The quantitative estimate of drug-likeness (QED) is 0.307. The summed E-state index contributed by atoms with van der Waals surface area (Å²) in [6, 6.07) is 0. The molecule has 0 aromatic carbocycles. The molecular formula is C19H34N4O2S. The Hall–Kier alpha value is -1.76. The average Bonchev–Trinajstić information content (AvgIpc) is 2.66. The van der Waals surface area contributed by atoms with Crippen molar-refractivity contribution in [2.75, 3.05) is 26.2 Å². The molecule has 0 aliphatic carbocycles. The Morgan fingerprint density at radius 2 is 2.00 bits per heavy atom. The molecule has 1 heterocycles. The number of amides is 2. The van der Waals surface area contributed by atoms with E-state index in [-0.39, 0.29) is 17.7 Å². The lowest BCUT2D eigenvalue weighted by Gasteiger charge is -2.31. The molecular weight excluding hydrogens is 348 g/mol. The topological polar surface area (TPSA) is 73.8 Å². The van der Waals surface area contributed by atoms with Gasteiger partial charge in [-0.1, -0.05) is 26.0 Å².